The minimum Gasteiger partial charge on any atom is -0.478 e. The lowest BCUT2D eigenvalue weighted by Crippen LogP contribution is -2.18. The van der Waals surface area contributed by atoms with Crippen molar-refractivity contribution in [1.29, 1.82) is 0 Å². The van der Waals surface area contributed by atoms with Gasteiger partial charge in [0.25, 0.3) is 0 Å². The summed E-state index contributed by atoms with van der Waals surface area (Å²) in [5.41, 5.74) is 10.5. The largest absolute Gasteiger partial charge is 0.478 e. The summed E-state index contributed by atoms with van der Waals surface area (Å²) in [4.78, 5) is 23.6. The lowest BCUT2D eigenvalue weighted by molar-refractivity contribution is 0.0698. The topological polar surface area (TPSA) is 85.3 Å². The second kappa shape index (κ2) is 7.74. The highest BCUT2D eigenvalue weighted by molar-refractivity contribution is 6.04. The molecule has 0 aliphatic heterocycles. The fraction of sp³-hybridized carbons (Fsp3) is 0.333. The number of benzene rings is 2. The average molecular weight is 390 g/mol. The van der Waals surface area contributed by atoms with Gasteiger partial charge in [0.15, 0.2) is 0 Å². The Kier molecular flexibility index (Phi) is 5.14. The Bertz CT molecular complexity index is 1100. The van der Waals surface area contributed by atoms with E-state index < -0.39 is 11.9 Å². The first-order valence-electron chi connectivity index (χ1n) is 10.2. The second-order valence-corrected chi connectivity index (χ2v) is 7.98. The van der Waals surface area contributed by atoms with E-state index >= 15 is 0 Å². The van der Waals surface area contributed by atoms with E-state index in [1.165, 1.54) is 17.7 Å². The smallest absolute Gasteiger partial charge is 0.337 e. The minimum atomic E-state index is -0.914. The molecule has 4 rings (SSSR count). The molecule has 0 saturated carbocycles. The molecule has 0 fully saturated rings. The number of aromatic nitrogens is 1. The maximum absolute atomic E-state index is 12.0. The van der Waals surface area contributed by atoms with Crippen LogP contribution in [0.3, 0.4) is 0 Å². The highest BCUT2D eigenvalue weighted by atomic mass is 16.4. The summed E-state index contributed by atoms with van der Waals surface area (Å²) in [6, 6.07) is 12.8. The lowest BCUT2D eigenvalue weighted by Gasteiger charge is -2.24. The van der Waals surface area contributed by atoms with Crippen LogP contribution in [-0.4, -0.2) is 21.6 Å². The standard InChI is InChI=1S/C24H26N2O3/c1-2-5-15-10-11-18-19-8-4-9-20(24(28)29)22(19)26(21(18)13-15)14-16-6-3-7-17(12-16)23(25)27/h3-4,6-9,12,15H,2,5,10-11,13-14H2,1H3,(H2,25,27)(H,28,29). The van der Waals surface area contributed by atoms with Crippen LogP contribution in [0.2, 0.25) is 0 Å². The van der Waals surface area contributed by atoms with Gasteiger partial charge in [0, 0.05) is 23.2 Å². The molecule has 0 saturated heterocycles. The average Bonchev–Trinajstić information content (AvgIpc) is 3.01. The van der Waals surface area contributed by atoms with E-state index in [0.29, 0.717) is 23.6 Å². The van der Waals surface area contributed by atoms with Gasteiger partial charge < -0.3 is 15.4 Å². The van der Waals surface area contributed by atoms with E-state index in [-0.39, 0.29) is 0 Å². The molecule has 1 atom stereocenters. The molecule has 3 N–H and O–H groups in total. The van der Waals surface area contributed by atoms with Crippen LogP contribution in [-0.2, 0) is 19.4 Å². The zero-order valence-corrected chi connectivity index (χ0v) is 16.6. The van der Waals surface area contributed by atoms with Gasteiger partial charge in [0.2, 0.25) is 5.91 Å². The molecule has 150 valence electrons. The van der Waals surface area contributed by atoms with Crippen molar-refractivity contribution in [3.05, 3.63) is 70.4 Å². The maximum Gasteiger partial charge on any atom is 0.337 e. The number of para-hydroxylation sites is 1. The Morgan fingerprint density at radius 3 is 2.72 bits per heavy atom. The predicted octanol–water partition coefficient (Wildman–Crippen LogP) is 4.39. The second-order valence-electron chi connectivity index (χ2n) is 7.98. The van der Waals surface area contributed by atoms with Gasteiger partial charge in [-0.25, -0.2) is 4.79 Å². The van der Waals surface area contributed by atoms with Crippen LogP contribution >= 0.6 is 0 Å². The first kappa shape index (κ1) is 19.2. The monoisotopic (exact) mass is 390 g/mol. The molecular weight excluding hydrogens is 364 g/mol. The summed E-state index contributed by atoms with van der Waals surface area (Å²) in [7, 11) is 0. The number of carboxylic acid groups (broad SMARTS) is 1. The number of amides is 1. The van der Waals surface area contributed by atoms with Crippen LogP contribution < -0.4 is 5.73 Å². The summed E-state index contributed by atoms with van der Waals surface area (Å²) in [5.74, 6) is -0.746. The van der Waals surface area contributed by atoms with Gasteiger partial charge in [-0.05, 0) is 54.5 Å². The Balaban J connectivity index is 1.89. The lowest BCUT2D eigenvalue weighted by atomic mass is 9.84. The van der Waals surface area contributed by atoms with Crippen molar-refractivity contribution in [3.8, 4) is 0 Å². The number of hydrogen-bond acceptors (Lipinski definition) is 2. The SMILES string of the molecule is CCCC1CCc2c(n(Cc3cccc(C(N)=O)c3)c3c(C(=O)O)cccc23)C1. The first-order valence-corrected chi connectivity index (χ1v) is 10.2. The highest BCUT2D eigenvalue weighted by Crippen LogP contribution is 2.37. The van der Waals surface area contributed by atoms with Gasteiger partial charge in [-0.3, -0.25) is 4.79 Å². The van der Waals surface area contributed by atoms with Crippen LogP contribution in [0.25, 0.3) is 10.9 Å². The summed E-state index contributed by atoms with van der Waals surface area (Å²) in [6.07, 6.45) is 5.43. The third kappa shape index (κ3) is 3.53. The number of fused-ring (bicyclic) bond motifs is 3. The predicted molar refractivity (Wildman–Crippen MR) is 113 cm³/mol. The number of aryl methyl sites for hydroxylation is 1. The van der Waals surface area contributed by atoms with Crippen LogP contribution in [0.5, 0.6) is 0 Å². The number of primary amides is 1. The number of nitrogens with two attached hydrogens (primary N) is 1. The van der Waals surface area contributed by atoms with Crippen molar-refractivity contribution in [2.45, 2.75) is 45.6 Å². The molecule has 1 aliphatic rings. The number of rotatable bonds is 6. The number of carboxylic acids is 1. The third-order valence-corrected chi connectivity index (χ3v) is 6.07. The number of carbonyl (C=O) groups is 2. The summed E-state index contributed by atoms with van der Waals surface area (Å²) in [6.45, 7) is 2.74. The summed E-state index contributed by atoms with van der Waals surface area (Å²) >= 11 is 0. The van der Waals surface area contributed by atoms with E-state index in [1.54, 1.807) is 18.2 Å². The van der Waals surface area contributed by atoms with Gasteiger partial charge in [-0.2, -0.15) is 0 Å². The van der Waals surface area contributed by atoms with Crippen LogP contribution in [0, 0.1) is 5.92 Å². The van der Waals surface area contributed by atoms with Gasteiger partial charge in [0.05, 0.1) is 11.1 Å². The summed E-state index contributed by atoms with van der Waals surface area (Å²) < 4.78 is 2.16. The van der Waals surface area contributed by atoms with E-state index in [1.807, 2.05) is 24.3 Å². The van der Waals surface area contributed by atoms with E-state index in [4.69, 9.17) is 5.73 Å². The van der Waals surface area contributed by atoms with Gasteiger partial charge in [0.1, 0.15) is 0 Å². The highest BCUT2D eigenvalue weighted by Gasteiger charge is 2.27. The van der Waals surface area contributed by atoms with E-state index in [0.717, 1.165) is 42.1 Å². The number of hydrogen-bond donors (Lipinski definition) is 2. The zero-order valence-electron chi connectivity index (χ0n) is 16.6. The molecule has 1 amide bonds. The van der Waals surface area contributed by atoms with Crippen molar-refractivity contribution in [3.63, 3.8) is 0 Å². The molecule has 0 bridgehead atoms. The number of carbonyl (C=O) groups excluding carboxylic acids is 1. The molecule has 29 heavy (non-hydrogen) atoms. The maximum atomic E-state index is 12.0. The van der Waals surface area contributed by atoms with Crippen LogP contribution in [0.4, 0.5) is 0 Å². The van der Waals surface area contributed by atoms with Crippen LogP contribution in [0.15, 0.2) is 42.5 Å². The molecule has 1 aliphatic carbocycles. The van der Waals surface area contributed by atoms with Crippen molar-refractivity contribution >= 4 is 22.8 Å². The Labute approximate surface area is 170 Å². The molecule has 1 unspecified atom stereocenters. The summed E-state index contributed by atoms with van der Waals surface area (Å²) in [5, 5.41) is 10.9. The quantitative estimate of drug-likeness (QED) is 0.654. The molecule has 0 radical (unpaired) electrons. The number of nitrogens with zero attached hydrogens (tertiary/aromatic N) is 1. The Morgan fingerprint density at radius 1 is 1.21 bits per heavy atom. The Morgan fingerprint density at radius 2 is 2.00 bits per heavy atom. The van der Waals surface area contributed by atoms with Gasteiger partial charge >= 0.3 is 5.97 Å². The van der Waals surface area contributed by atoms with Gasteiger partial charge in [-0.15, -0.1) is 0 Å². The molecule has 2 aromatic carbocycles. The molecule has 5 nitrogen and oxygen atoms in total. The van der Waals surface area contributed by atoms with Crippen molar-refractivity contribution in [2.24, 2.45) is 11.7 Å². The van der Waals surface area contributed by atoms with Crippen LogP contribution in [0.1, 0.15) is 63.7 Å². The fourth-order valence-electron chi connectivity index (χ4n) is 4.77. The van der Waals surface area contributed by atoms with Crippen molar-refractivity contribution < 1.29 is 14.7 Å². The zero-order chi connectivity index (χ0) is 20.5. The van der Waals surface area contributed by atoms with E-state index in [2.05, 4.69) is 11.5 Å². The molecule has 0 spiro atoms. The molecule has 1 aromatic heterocycles. The third-order valence-electron chi connectivity index (χ3n) is 6.07. The molecule has 3 aromatic rings. The fourth-order valence-corrected chi connectivity index (χ4v) is 4.77. The Hall–Kier alpha value is -3.08. The molecular formula is C24H26N2O3. The molecule has 5 heteroatoms. The normalized spacial score (nSPS) is 16.0. The van der Waals surface area contributed by atoms with Crippen molar-refractivity contribution in [2.75, 3.05) is 0 Å². The van der Waals surface area contributed by atoms with Crippen molar-refractivity contribution in [1.82, 2.24) is 4.57 Å². The molecule has 1 heterocycles. The first-order chi connectivity index (χ1) is 14.0. The van der Waals surface area contributed by atoms with E-state index in [9.17, 15) is 14.7 Å². The minimum absolute atomic E-state index is 0.329. The van der Waals surface area contributed by atoms with Gasteiger partial charge in [-0.1, -0.05) is 44.0 Å². The number of aromatic carboxylic acids is 1.